The molecule has 0 fully saturated rings. The zero-order chi connectivity index (χ0) is 15.2. The molecular weight excluding hydrogens is 262 g/mol. The Hall–Kier alpha value is -1.81. The number of benzene rings is 1. The lowest BCUT2D eigenvalue weighted by Gasteiger charge is -2.20. The summed E-state index contributed by atoms with van der Waals surface area (Å²) in [5.74, 6) is 0.846. The molecule has 0 amide bonds. The first-order chi connectivity index (χ1) is 10.2. The van der Waals surface area contributed by atoms with Crippen molar-refractivity contribution in [1.29, 1.82) is 0 Å². The minimum absolute atomic E-state index is 0.203. The minimum atomic E-state index is 0.203. The van der Waals surface area contributed by atoms with Crippen molar-refractivity contribution in [1.82, 2.24) is 15.1 Å². The molecule has 2 rings (SSSR count). The third kappa shape index (κ3) is 3.85. The molecule has 4 heteroatoms. The largest absolute Gasteiger partial charge is 0.493 e. The van der Waals surface area contributed by atoms with E-state index in [1.165, 1.54) is 11.1 Å². The van der Waals surface area contributed by atoms with Crippen molar-refractivity contribution in [3.8, 4) is 5.75 Å². The summed E-state index contributed by atoms with van der Waals surface area (Å²) in [6, 6.07) is 8.86. The summed E-state index contributed by atoms with van der Waals surface area (Å²) in [6.45, 7) is 5.28. The highest BCUT2D eigenvalue weighted by Crippen LogP contribution is 2.27. The second-order valence-electron chi connectivity index (χ2n) is 5.42. The van der Waals surface area contributed by atoms with Crippen LogP contribution < -0.4 is 10.1 Å². The van der Waals surface area contributed by atoms with E-state index < -0.39 is 0 Å². The first-order valence-corrected chi connectivity index (χ1v) is 7.50. The monoisotopic (exact) mass is 287 g/mol. The number of aromatic nitrogens is 2. The predicted octanol–water partition coefficient (Wildman–Crippen LogP) is 3.02. The van der Waals surface area contributed by atoms with Gasteiger partial charge in [-0.15, -0.1) is 0 Å². The summed E-state index contributed by atoms with van der Waals surface area (Å²) in [5, 5.41) is 7.94. The van der Waals surface area contributed by atoms with Crippen molar-refractivity contribution in [2.24, 2.45) is 7.05 Å². The molecule has 1 unspecified atom stereocenters. The van der Waals surface area contributed by atoms with Gasteiger partial charge in [0.05, 0.1) is 25.0 Å². The summed E-state index contributed by atoms with van der Waals surface area (Å²) >= 11 is 0. The van der Waals surface area contributed by atoms with Gasteiger partial charge in [0, 0.05) is 7.05 Å². The predicted molar refractivity (Wildman–Crippen MR) is 85.7 cm³/mol. The number of ether oxygens (including phenoxy) is 1. The maximum Gasteiger partial charge on any atom is 0.161 e. The summed E-state index contributed by atoms with van der Waals surface area (Å²) in [6.07, 6.45) is 3.81. The molecule has 0 radical (unpaired) electrons. The molecule has 0 saturated heterocycles. The SMILES string of the molecule is CCCNC(Cc1cccc(C)c1)c1c(OC)cnn1C. The van der Waals surface area contributed by atoms with Gasteiger partial charge < -0.3 is 10.1 Å². The van der Waals surface area contributed by atoms with Crippen LogP contribution in [0.2, 0.25) is 0 Å². The van der Waals surface area contributed by atoms with Crippen molar-refractivity contribution < 1.29 is 4.74 Å². The van der Waals surface area contributed by atoms with Gasteiger partial charge in [-0.1, -0.05) is 36.8 Å². The Labute approximate surface area is 127 Å². The number of methoxy groups -OCH3 is 1. The van der Waals surface area contributed by atoms with Gasteiger partial charge in [0.15, 0.2) is 5.75 Å². The molecule has 0 spiro atoms. The van der Waals surface area contributed by atoms with Gasteiger partial charge in [-0.05, 0) is 31.9 Å². The molecule has 1 aromatic heterocycles. The standard InChI is InChI=1S/C17H25N3O/c1-5-9-18-15(11-14-8-6-7-13(2)10-14)17-16(21-4)12-19-20(17)3/h6-8,10,12,15,18H,5,9,11H2,1-4H3. The van der Waals surface area contributed by atoms with Crippen molar-refractivity contribution in [2.45, 2.75) is 32.7 Å². The fourth-order valence-electron chi connectivity index (χ4n) is 2.64. The normalized spacial score (nSPS) is 12.4. The van der Waals surface area contributed by atoms with Crippen LogP contribution in [0.5, 0.6) is 5.75 Å². The number of hydrogen-bond donors (Lipinski definition) is 1. The van der Waals surface area contributed by atoms with Gasteiger partial charge in [-0.2, -0.15) is 5.10 Å². The molecule has 0 aliphatic carbocycles. The van der Waals surface area contributed by atoms with Crippen molar-refractivity contribution >= 4 is 0 Å². The zero-order valence-corrected chi connectivity index (χ0v) is 13.4. The molecule has 0 saturated carbocycles. The van der Waals surface area contributed by atoms with Crippen LogP contribution in [0.1, 0.15) is 36.2 Å². The molecule has 0 aliphatic heterocycles. The Balaban J connectivity index is 2.27. The lowest BCUT2D eigenvalue weighted by molar-refractivity contribution is 0.392. The van der Waals surface area contributed by atoms with E-state index in [4.69, 9.17) is 4.74 Å². The molecule has 21 heavy (non-hydrogen) atoms. The van der Waals surface area contributed by atoms with E-state index in [0.717, 1.165) is 30.8 Å². The molecule has 1 aromatic carbocycles. The van der Waals surface area contributed by atoms with Crippen LogP contribution in [0.15, 0.2) is 30.5 Å². The quantitative estimate of drug-likeness (QED) is 0.851. The third-order valence-electron chi connectivity index (χ3n) is 3.66. The molecule has 1 N–H and O–H groups in total. The molecule has 2 aromatic rings. The van der Waals surface area contributed by atoms with Gasteiger partial charge in [0.1, 0.15) is 0 Å². The molecule has 4 nitrogen and oxygen atoms in total. The van der Waals surface area contributed by atoms with Gasteiger partial charge in [-0.25, -0.2) is 0 Å². The van der Waals surface area contributed by atoms with E-state index in [2.05, 4.69) is 48.5 Å². The topological polar surface area (TPSA) is 39.1 Å². The van der Waals surface area contributed by atoms with Crippen molar-refractivity contribution in [3.63, 3.8) is 0 Å². The van der Waals surface area contributed by atoms with Crippen LogP contribution in [0, 0.1) is 6.92 Å². The number of hydrogen-bond acceptors (Lipinski definition) is 3. The zero-order valence-electron chi connectivity index (χ0n) is 13.4. The molecular formula is C17H25N3O. The van der Waals surface area contributed by atoms with Crippen LogP contribution in [-0.4, -0.2) is 23.4 Å². The van der Waals surface area contributed by atoms with Gasteiger partial charge in [-0.3, -0.25) is 4.68 Å². The van der Waals surface area contributed by atoms with Crippen LogP contribution in [0.3, 0.4) is 0 Å². The lowest BCUT2D eigenvalue weighted by Crippen LogP contribution is -2.26. The molecule has 1 atom stereocenters. The van der Waals surface area contributed by atoms with E-state index in [0.29, 0.717) is 0 Å². The molecule has 0 aliphatic rings. The molecule has 114 valence electrons. The highest BCUT2D eigenvalue weighted by Gasteiger charge is 2.20. The van der Waals surface area contributed by atoms with E-state index in [1.54, 1.807) is 13.3 Å². The Bertz CT molecular complexity index is 577. The van der Waals surface area contributed by atoms with Crippen molar-refractivity contribution in [3.05, 3.63) is 47.3 Å². The lowest BCUT2D eigenvalue weighted by atomic mass is 10.0. The maximum absolute atomic E-state index is 5.47. The van der Waals surface area contributed by atoms with E-state index in [9.17, 15) is 0 Å². The van der Waals surface area contributed by atoms with E-state index in [1.807, 2.05) is 11.7 Å². The fraction of sp³-hybridized carbons (Fsp3) is 0.471. The van der Waals surface area contributed by atoms with Gasteiger partial charge >= 0.3 is 0 Å². The summed E-state index contributed by atoms with van der Waals surface area (Å²) in [7, 11) is 3.67. The van der Waals surface area contributed by atoms with Crippen LogP contribution >= 0.6 is 0 Å². The Morgan fingerprint density at radius 2 is 2.19 bits per heavy atom. The third-order valence-corrected chi connectivity index (χ3v) is 3.66. The first-order valence-electron chi connectivity index (χ1n) is 7.50. The minimum Gasteiger partial charge on any atom is -0.493 e. The Kier molecular flexibility index (Phi) is 5.39. The van der Waals surface area contributed by atoms with Gasteiger partial charge in [0.25, 0.3) is 0 Å². The summed E-state index contributed by atoms with van der Waals surface area (Å²) < 4.78 is 7.37. The number of rotatable bonds is 7. The second kappa shape index (κ2) is 7.27. The average molecular weight is 287 g/mol. The second-order valence-corrected chi connectivity index (χ2v) is 5.42. The smallest absolute Gasteiger partial charge is 0.161 e. The Morgan fingerprint density at radius 3 is 2.86 bits per heavy atom. The Morgan fingerprint density at radius 1 is 1.38 bits per heavy atom. The maximum atomic E-state index is 5.47. The van der Waals surface area contributed by atoms with Crippen LogP contribution in [0.25, 0.3) is 0 Å². The molecule has 1 heterocycles. The van der Waals surface area contributed by atoms with Gasteiger partial charge in [0.2, 0.25) is 0 Å². The van der Waals surface area contributed by atoms with Crippen LogP contribution in [-0.2, 0) is 13.5 Å². The highest BCUT2D eigenvalue weighted by atomic mass is 16.5. The number of aryl methyl sites for hydroxylation is 2. The fourth-order valence-corrected chi connectivity index (χ4v) is 2.64. The first kappa shape index (κ1) is 15.6. The number of nitrogens with zero attached hydrogens (tertiary/aromatic N) is 2. The van der Waals surface area contributed by atoms with E-state index in [-0.39, 0.29) is 6.04 Å². The van der Waals surface area contributed by atoms with E-state index >= 15 is 0 Å². The van der Waals surface area contributed by atoms with Crippen LogP contribution in [0.4, 0.5) is 0 Å². The molecule has 0 bridgehead atoms. The summed E-state index contributed by atoms with van der Waals surface area (Å²) in [5.41, 5.74) is 3.72. The summed E-state index contributed by atoms with van der Waals surface area (Å²) in [4.78, 5) is 0. The van der Waals surface area contributed by atoms with Crippen molar-refractivity contribution in [2.75, 3.05) is 13.7 Å². The number of nitrogens with one attached hydrogen (secondary N) is 1. The average Bonchev–Trinajstić information content (AvgIpc) is 2.84. The highest BCUT2D eigenvalue weighted by molar-refractivity contribution is 5.31.